The number of benzene rings is 1. The molecule has 0 fully saturated rings. The summed E-state index contributed by atoms with van der Waals surface area (Å²) in [5, 5.41) is 29.1. The largest absolute Gasteiger partial charge is 0.397 e. The number of hydrogen-bond acceptors (Lipinski definition) is 9. The van der Waals surface area contributed by atoms with Crippen LogP contribution in [0.4, 0.5) is 17.3 Å². The summed E-state index contributed by atoms with van der Waals surface area (Å²) < 4.78 is 1.72. The molecule has 0 saturated carbocycles. The molecule has 3 aromatic rings. The predicted octanol–water partition coefficient (Wildman–Crippen LogP) is 0.946. The summed E-state index contributed by atoms with van der Waals surface area (Å²) in [6.45, 7) is 0. The fraction of sp³-hybridized carbons (Fsp3) is 0.118. The van der Waals surface area contributed by atoms with Crippen LogP contribution in [0.2, 0.25) is 0 Å². The molecule has 3 heterocycles. The molecule has 0 bridgehead atoms. The second kappa shape index (κ2) is 5.89. The molecular formula is C17H14N10. The summed E-state index contributed by atoms with van der Waals surface area (Å²) >= 11 is 0. The molecule has 10 heteroatoms. The third-order valence-electron chi connectivity index (χ3n) is 4.32. The van der Waals surface area contributed by atoms with Crippen LogP contribution >= 0.6 is 0 Å². The summed E-state index contributed by atoms with van der Waals surface area (Å²) in [7, 11) is 1.84. The van der Waals surface area contributed by atoms with Crippen LogP contribution in [0, 0.1) is 22.8 Å². The van der Waals surface area contributed by atoms with Crippen LogP contribution in [0.3, 0.4) is 0 Å². The quantitative estimate of drug-likeness (QED) is 0.368. The molecule has 0 radical (unpaired) electrons. The van der Waals surface area contributed by atoms with Gasteiger partial charge in [0.15, 0.2) is 6.19 Å². The molecule has 1 aromatic carbocycles. The number of nitrogen functional groups attached to an aromatic ring is 2. The Labute approximate surface area is 153 Å². The van der Waals surface area contributed by atoms with Crippen LogP contribution in [0.1, 0.15) is 22.7 Å². The molecule has 1 unspecified atom stereocenters. The Kier molecular flexibility index (Phi) is 3.53. The van der Waals surface area contributed by atoms with Gasteiger partial charge in [-0.15, -0.1) is 0 Å². The Hall–Kier alpha value is -4.31. The number of rotatable bonds is 1. The van der Waals surface area contributed by atoms with Crippen molar-refractivity contribution in [3.8, 4) is 12.3 Å². The van der Waals surface area contributed by atoms with Gasteiger partial charge in [-0.1, -0.05) is 12.1 Å². The first kappa shape index (κ1) is 16.2. The van der Waals surface area contributed by atoms with Crippen molar-refractivity contribution in [1.82, 2.24) is 20.1 Å². The van der Waals surface area contributed by atoms with E-state index in [1.54, 1.807) is 4.68 Å². The lowest BCUT2D eigenvalue weighted by Gasteiger charge is -2.26. The molecule has 0 amide bonds. The van der Waals surface area contributed by atoms with Crippen molar-refractivity contribution < 1.29 is 0 Å². The third-order valence-corrected chi connectivity index (χ3v) is 4.32. The normalized spacial score (nSPS) is 15.2. The monoisotopic (exact) mass is 358 g/mol. The van der Waals surface area contributed by atoms with E-state index < -0.39 is 6.04 Å². The highest BCUT2D eigenvalue weighted by Gasteiger charge is 2.29. The molecule has 2 aromatic heterocycles. The predicted molar refractivity (Wildman–Crippen MR) is 100 cm³/mol. The third kappa shape index (κ3) is 2.53. The maximum atomic E-state index is 9.36. The number of aliphatic imine (C=N–C) groups is 1. The number of aromatic nitrogens is 3. The number of nitrogens with one attached hydrogen (secondary N) is 2. The first-order chi connectivity index (χ1) is 13.0. The molecule has 1 atom stereocenters. The van der Waals surface area contributed by atoms with Gasteiger partial charge in [0.2, 0.25) is 5.96 Å². The average molecular weight is 358 g/mol. The number of guanidine groups is 1. The highest BCUT2D eigenvalue weighted by Crippen LogP contribution is 2.40. The SMILES string of the molecule is Cn1cc2ccc(C3N=C(NC#N)Nc4nc(N)c(C#N)c(N)c43)cc2n1. The Balaban J connectivity index is 1.95. The van der Waals surface area contributed by atoms with Gasteiger partial charge < -0.3 is 16.8 Å². The minimum Gasteiger partial charge on any atom is -0.397 e. The number of aryl methyl sites for hydroxylation is 1. The molecule has 27 heavy (non-hydrogen) atoms. The smallest absolute Gasteiger partial charge is 0.211 e. The van der Waals surface area contributed by atoms with Gasteiger partial charge in [-0.05, 0) is 11.6 Å². The van der Waals surface area contributed by atoms with E-state index in [1.807, 2.05) is 43.7 Å². The van der Waals surface area contributed by atoms with Crippen molar-refractivity contribution in [2.45, 2.75) is 6.04 Å². The van der Waals surface area contributed by atoms with Crippen molar-refractivity contribution in [2.24, 2.45) is 12.0 Å². The van der Waals surface area contributed by atoms with Crippen LogP contribution in [0.25, 0.3) is 10.9 Å². The van der Waals surface area contributed by atoms with Gasteiger partial charge in [-0.3, -0.25) is 10.00 Å². The minimum atomic E-state index is -0.580. The van der Waals surface area contributed by atoms with Gasteiger partial charge >= 0.3 is 0 Å². The maximum absolute atomic E-state index is 9.36. The lowest BCUT2D eigenvalue weighted by atomic mass is 9.94. The van der Waals surface area contributed by atoms with E-state index >= 15 is 0 Å². The number of hydrogen-bond donors (Lipinski definition) is 4. The summed E-state index contributed by atoms with van der Waals surface area (Å²) in [4.78, 5) is 8.76. The molecular weight excluding hydrogens is 344 g/mol. The Bertz CT molecular complexity index is 1190. The van der Waals surface area contributed by atoms with E-state index in [2.05, 4.69) is 25.7 Å². The Morgan fingerprint density at radius 3 is 2.85 bits per heavy atom. The van der Waals surface area contributed by atoms with Crippen molar-refractivity contribution in [2.75, 3.05) is 16.8 Å². The summed E-state index contributed by atoms with van der Waals surface area (Å²) in [5.41, 5.74) is 14.5. The Morgan fingerprint density at radius 1 is 1.30 bits per heavy atom. The molecule has 0 saturated heterocycles. The van der Waals surface area contributed by atoms with E-state index in [9.17, 15) is 5.26 Å². The average Bonchev–Trinajstić information content (AvgIpc) is 3.00. The highest BCUT2D eigenvalue weighted by atomic mass is 15.2. The van der Waals surface area contributed by atoms with Gasteiger partial charge in [0.05, 0.1) is 11.2 Å². The molecule has 132 valence electrons. The van der Waals surface area contributed by atoms with Crippen LogP contribution in [-0.2, 0) is 7.05 Å². The highest BCUT2D eigenvalue weighted by molar-refractivity contribution is 5.98. The molecule has 1 aliphatic heterocycles. The first-order valence-corrected chi connectivity index (χ1v) is 7.94. The second-order valence-electron chi connectivity index (χ2n) is 6.02. The van der Waals surface area contributed by atoms with E-state index in [0.717, 1.165) is 16.5 Å². The zero-order chi connectivity index (χ0) is 19.1. The standard InChI is InChI=1S/C17H14N10/c1-27-6-9-3-2-8(4-11(9)26-27)14-12-13(20)10(5-18)15(21)24-16(12)25-17(23-14)22-7-19/h2-4,6,14H,1H3,(H6,20,21,22,23,24,25). The summed E-state index contributed by atoms with van der Waals surface area (Å²) in [6, 6.07) is 7.13. The van der Waals surface area contributed by atoms with Crippen molar-refractivity contribution in [3.05, 3.63) is 41.1 Å². The van der Waals surface area contributed by atoms with Crippen LogP contribution in [0.5, 0.6) is 0 Å². The zero-order valence-electron chi connectivity index (χ0n) is 14.2. The molecule has 0 spiro atoms. The number of nitrogens with zero attached hydrogens (tertiary/aromatic N) is 6. The van der Waals surface area contributed by atoms with Crippen LogP contribution in [0.15, 0.2) is 29.4 Å². The topological polar surface area (TPSA) is 167 Å². The number of nitriles is 2. The molecule has 10 nitrogen and oxygen atoms in total. The van der Waals surface area contributed by atoms with Crippen molar-refractivity contribution in [3.63, 3.8) is 0 Å². The summed E-state index contributed by atoms with van der Waals surface area (Å²) in [5.74, 6) is 0.577. The number of anilines is 3. The van der Waals surface area contributed by atoms with E-state index in [0.29, 0.717) is 11.4 Å². The number of pyridine rings is 1. The Morgan fingerprint density at radius 2 is 2.11 bits per heavy atom. The van der Waals surface area contributed by atoms with Gasteiger partial charge in [0, 0.05) is 24.2 Å². The van der Waals surface area contributed by atoms with Gasteiger partial charge in [-0.2, -0.15) is 15.6 Å². The lowest BCUT2D eigenvalue weighted by Crippen LogP contribution is -2.32. The van der Waals surface area contributed by atoms with E-state index in [1.165, 1.54) is 0 Å². The van der Waals surface area contributed by atoms with Crippen molar-refractivity contribution in [1.29, 1.82) is 10.5 Å². The van der Waals surface area contributed by atoms with Gasteiger partial charge in [0.1, 0.15) is 29.3 Å². The van der Waals surface area contributed by atoms with Crippen LogP contribution in [-0.4, -0.2) is 20.7 Å². The van der Waals surface area contributed by atoms with Gasteiger partial charge in [0.25, 0.3) is 0 Å². The number of fused-ring (bicyclic) bond motifs is 2. The number of nitrogens with two attached hydrogens (primary N) is 2. The fourth-order valence-electron chi connectivity index (χ4n) is 3.15. The van der Waals surface area contributed by atoms with E-state index in [4.69, 9.17) is 16.7 Å². The van der Waals surface area contributed by atoms with Crippen molar-refractivity contribution >= 4 is 34.2 Å². The minimum absolute atomic E-state index is 0.0124. The zero-order valence-corrected chi connectivity index (χ0v) is 14.2. The molecule has 6 N–H and O–H groups in total. The maximum Gasteiger partial charge on any atom is 0.211 e. The van der Waals surface area contributed by atoms with Gasteiger partial charge in [-0.25, -0.2) is 9.98 Å². The van der Waals surface area contributed by atoms with Crippen LogP contribution < -0.4 is 22.1 Å². The first-order valence-electron chi connectivity index (χ1n) is 7.94. The lowest BCUT2D eigenvalue weighted by molar-refractivity contribution is 0.779. The van der Waals surface area contributed by atoms with E-state index in [-0.39, 0.29) is 23.0 Å². The fourth-order valence-corrected chi connectivity index (χ4v) is 3.15. The molecule has 4 rings (SSSR count). The summed E-state index contributed by atoms with van der Waals surface area (Å²) in [6.07, 6.45) is 3.73. The molecule has 0 aliphatic carbocycles. The molecule has 1 aliphatic rings. The second-order valence-corrected chi connectivity index (χ2v) is 6.02.